The molecule has 0 aliphatic carbocycles. The minimum absolute atomic E-state index is 0.187. The highest BCUT2D eigenvalue weighted by atomic mass is 16.5. The number of nitrogens with zero attached hydrogens (tertiary/aromatic N) is 2. The first kappa shape index (κ1) is 15.1. The Morgan fingerprint density at radius 1 is 1.14 bits per heavy atom. The van der Waals surface area contributed by atoms with Crippen LogP contribution in [0.5, 0.6) is 0 Å². The number of benzene rings is 1. The fourth-order valence-electron chi connectivity index (χ4n) is 2.23. The Bertz CT molecular complexity index is 634. The Labute approximate surface area is 124 Å². The van der Waals surface area contributed by atoms with Crippen LogP contribution in [-0.4, -0.2) is 27.3 Å². The molecule has 0 bridgehead atoms. The Morgan fingerprint density at radius 2 is 1.71 bits per heavy atom. The van der Waals surface area contributed by atoms with Crippen molar-refractivity contribution < 1.29 is 10.0 Å². The maximum atomic E-state index is 10.9. The third-order valence-corrected chi connectivity index (χ3v) is 3.37. The lowest BCUT2D eigenvalue weighted by Gasteiger charge is -2.10. The maximum Gasteiger partial charge on any atom is 0.243 e. The van der Waals surface area contributed by atoms with Gasteiger partial charge in [-0.15, -0.1) is 0 Å². The van der Waals surface area contributed by atoms with Crippen molar-refractivity contribution in [2.45, 2.75) is 20.8 Å². The monoisotopic (exact) mass is 284 g/mol. The van der Waals surface area contributed by atoms with E-state index < -0.39 is 0 Å². The number of rotatable bonds is 4. The molecule has 0 atom stereocenters. The van der Waals surface area contributed by atoms with Crippen molar-refractivity contribution in [3.05, 3.63) is 59.4 Å². The molecule has 0 aliphatic heterocycles. The van der Waals surface area contributed by atoms with E-state index in [9.17, 15) is 10.0 Å². The second kappa shape index (κ2) is 6.41. The number of aromatic nitrogens is 1. The van der Waals surface area contributed by atoms with E-state index in [4.69, 9.17) is 0 Å². The van der Waals surface area contributed by atoms with Crippen molar-refractivity contribution in [1.82, 2.24) is 9.63 Å². The lowest BCUT2D eigenvalue weighted by Crippen LogP contribution is -2.24. The summed E-state index contributed by atoms with van der Waals surface area (Å²) in [7, 11) is 0. The topological polar surface area (TPSA) is 45.5 Å². The van der Waals surface area contributed by atoms with Gasteiger partial charge >= 0.3 is 0 Å². The molecule has 0 aliphatic rings. The molecule has 21 heavy (non-hydrogen) atoms. The fourth-order valence-corrected chi connectivity index (χ4v) is 2.23. The summed E-state index contributed by atoms with van der Waals surface area (Å²) >= 11 is 0. The van der Waals surface area contributed by atoms with E-state index in [1.807, 2.05) is 18.2 Å². The van der Waals surface area contributed by atoms with Crippen LogP contribution in [0.25, 0.3) is 11.8 Å². The van der Waals surface area contributed by atoms with E-state index in [0.29, 0.717) is 5.06 Å². The Kier molecular flexibility index (Phi) is 4.60. The van der Waals surface area contributed by atoms with E-state index in [1.165, 1.54) is 18.3 Å². The van der Waals surface area contributed by atoms with Crippen LogP contribution in [0, 0.1) is 13.8 Å². The number of amides is 1. The van der Waals surface area contributed by atoms with Gasteiger partial charge in [0.25, 0.3) is 0 Å². The van der Waals surface area contributed by atoms with E-state index >= 15 is 0 Å². The summed E-state index contributed by atoms with van der Waals surface area (Å²) in [5, 5.41) is 9.94. The molecule has 2 rings (SSSR count). The molecule has 1 N–H and O–H groups in total. The molecule has 0 radical (unpaired) electrons. The Hall–Kier alpha value is -2.33. The van der Waals surface area contributed by atoms with Gasteiger partial charge in [0.2, 0.25) is 5.91 Å². The van der Waals surface area contributed by atoms with Crippen LogP contribution < -0.4 is 0 Å². The smallest absolute Gasteiger partial charge is 0.243 e. The summed E-state index contributed by atoms with van der Waals surface area (Å²) in [5.74, 6) is -0.367. The molecule has 0 saturated carbocycles. The predicted molar refractivity (Wildman–Crippen MR) is 83.5 cm³/mol. The number of carbonyl (C=O) groups excluding carboxylic acids is 1. The van der Waals surface area contributed by atoms with E-state index in [2.05, 4.69) is 42.7 Å². The van der Waals surface area contributed by atoms with Gasteiger partial charge in [0.1, 0.15) is 0 Å². The Morgan fingerprint density at radius 3 is 2.24 bits per heavy atom. The second-order valence-electron chi connectivity index (χ2n) is 5.05. The number of hydroxylamine groups is 2. The van der Waals surface area contributed by atoms with Crippen molar-refractivity contribution in [2.75, 3.05) is 6.54 Å². The zero-order chi connectivity index (χ0) is 15.4. The highest BCUT2D eigenvalue weighted by molar-refractivity contribution is 5.72. The molecule has 4 heteroatoms. The highest BCUT2D eigenvalue weighted by Crippen LogP contribution is 2.17. The molecule has 0 fully saturated rings. The van der Waals surface area contributed by atoms with Crippen LogP contribution in [-0.2, 0) is 4.79 Å². The summed E-state index contributed by atoms with van der Waals surface area (Å²) in [6.07, 6.45) is 3.63. The van der Waals surface area contributed by atoms with Gasteiger partial charge < -0.3 is 4.57 Å². The summed E-state index contributed by atoms with van der Waals surface area (Å²) < 4.78 is 2.19. The second-order valence-corrected chi connectivity index (χ2v) is 5.05. The molecule has 1 amide bonds. The Balaban J connectivity index is 2.09. The quantitative estimate of drug-likeness (QED) is 0.691. The van der Waals surface area contributed by atoms with Crippen LogP contribution >= 0.6 is 0 Å². The van der Waals surface area contributed by atoms with Gasteiger partial charge in [-0.25, -0.2) is 5.06 Å². The normalized spacial score (nSPS) is 11.0. The summed E-state index contributed by atoms with van der Waals surface area (Å²) in [4.78, 5) is 10.9. The van der Waals surface area contributed by atoms with Gasteiger partial charge in [0.15, 0.2) is 0 Å². The fraction of sp³-hybridized carbons (Fsp3) is 0.235. The molecule has 2 aromatic rings. The first-order chi connectivity index (χ1) is 9.99. The van der Waals surface area contributed by atoms with Crippen LogP contribution in [0.2, 0.25) is 0 Å². The average Bonchev–Trinajstić information content (AvgIpc) is 2.79. The molecule has 110 valence electrons. The van der Waals surface area contributed by atoms with Gasteiger partial charge in [-0.1, -0.05) is 24.3 Å². The van der Waals surface area contributed by atoms with Gasteiger partial charge in [-0.3, -0.25) is 10.0 Å². The van der Waals surface area contributed by atoms with Crippen LogP contribution in [0.15, 0.2) is 42.5 Å². The standard InChI is InChI=1S/C17H20N2O2/c1-13-6-7-14(2)19(13)17-10-8-16(9-11-17)5-4-12-18(21)15(3)20/h4-11,21H,12H2,1-3H3/b5-4+. The van der Waals surface area contributed by atoms with Gasteiger partial charge in [-0.05, 0) is 43.7 Å². The molecular formula is C17H20N2O2. The first-order valence-corrected chi connectivity index (χ1v) is 6.88. The number of aryl methyl sites for hydroxylation is 2. The molecule has 0 spiro atoms. The van der Waals surface area contributed by atoms with E-state index in [0.717, 1.165) is 11.3 Å². The lowest BCUT2D eigenvalue weighted by atomic mass is 10.2. The molecular weight excluding hydrogens is 264 g/mol. The average molecular weight is 284 g/mol. The largest absolute Gasteiger partial charge is 0.319 e. The summed E-state index contributed by atoms with van der Waals surface area (Å²) in [6.45, 7) is 5.67. The molecule has 4 nitrogen and oxygen atoms in total. The highest BCUT2D eigenvalue weighted by Gasteiger charge is 2.03. The maximum absolute atomic E-state index is 10.9. The van der Waals surface area contributed by atoms with Crippen molar-refractivity contribution in [2.24, 2.45) is 0 Å². The van der Waals surface area contributed by atoms with Crippen LogP contribution in [0.1, 0.15) is 23.9 Å². The van der Waals surface area contributed by atoms with Crippen molar-refractivity contribution in [3.63, 3.8) is 0 Å². The first-order valence-electron chi connectivity index (χ1n) is 6.88. The lowest BCUT2D eigenvalue weighted by molar-refractivity contribution is -0.160. The summed E-state index contributed by atoms with van der Waals surface area (Å²) in [5.41, 5.74) is 4.55. The SMILES string of the molecule is CC(=O)N(O)C/C=C/c1ccc(-n2c(C)ccc2C)cc1. The zero-order valence-electron chi connectivity index (χ0n) is 12.6. The van der Waals surface area contributed by atoms with Crippen molar-refractivity contribution in [1.29, 1.82) is 0 Å². The molecule has 1 aromatic heterocycles. The summed E-state index contributed by atoms with van der Waals surface area (Å²) in [6, 6.07) is 12.3. The van der Waals surface area contributed by atoms with Crippen LogP contribution in [0.4, 0.5) is 0 Å². The minimum Gasteiger partial charge on any atom is -0.319 e. The molecule has 1 aromatic carbocycles. The third kappa shape index (κ3) is 3.61. The molecule has 0 unspecified atom stereocenters. The van der Waals surface area contributed by atoms with Crippen molar-refractivity contribution >= 4 is 12.0 Å². The number of carbonyl (C=O) groups is 1. The zero-order valence-corrected chi connectivity index (χ0v) is 12.6. The number of hydrogen-bond donors (Lipinski definition) is 1. The van der Waals surface area contributed by atoms with Gasteiger partial charge in [-0.2, -0.15) is 0 Å². The molecule has 1 heterocycles. The van der Waals surface area contributed by atoms with Gasteiger partial charge in [0, 0.05) is 24.0 Å². The van der Waals surface area contributed by atoms with Gasteiger partial charge in [0.05, 0.1) is 6.54 Å². The van der Waals surface area contributed by atoms with Crippen LogP contribution in [0.3, 0.4) is 0 Å². The number of hydrogen-bond acceptors (Lipinski definition) is 2. The van der Waals surface area contributed by atoms with E-state index in [-0.39, 0.29) is 12.5 Å². The minimum atomic E-state index is -0.367. The van der Waals surface area contributed by atoms with E-state index in [1.54, 1.807) is 6.08 Å². The predicted octanol–water partition coefficient (Wildman–Crippen LogP) is 3.35. The van der Waals surface area contributed by atoms with Crippen molar-refractivity contribution in [3.8, 4) is 5.69 Å². The third-order valence-electron chi connectivity index (χ3n) is 3.37. The molecule has 0 saturated heterocycles.